The molecule has 0 amide bonds. The van der Waals surface area contributed by atoms with Crippen LogP contribution in [0.15, 0.2) is 34.3 Å². The Bertz CT molecular complexity index is 338. The van der Waals surface area contributed by atoms with Crippen LogP contribution in [0.25, 0.3) is 0 Å². The zero-order valence-electron chi connectivity index (χ0n) is 8.89. The number of nitrogens with one attached hydrogen (secondary N) is 1. The smallest absolute Gasteiger partial charge is 0.0489 e. The maximum absolute atomic E-state index is 3.56. The van der Waals surface area contributed by atoms with Crippen molar-refractivity contribution in [3.63, 3.8) is 0 Å². The number of hydrogen-bond acceptors (Lipinski definition) is 1. The largest absolute Gasteiger partial charge is 0.381 e. The van der Waals surface area contributed by atoms with Crippen molar-refractivity contribution in [2.75, 3.05) is 11.9 Å². The van der Waals surface area contributed by atoms with Gasteiger partial charge in [-0.05, 0) is 48.3 Å². The summed E-state index contributed by atoms with van der Waals surface area (Å²) in [5, 5.41) is 3.36. The lowest BCUT2D eigenvalue weighted by atomic mass is 10.2. The second-order valence-electron chi connectivity index (χ2n) is 3.60. The van der Waals surface area contributed by atoms with E-state index in [0.717, 1.165) is 16.7 Å². The Kier molecular flexibility index (Phi) is 4.21. The van der Waals surface area contributed by atoms with Gasteiger partial charge in [0.1, 0.15) is 0 Å². The second-order valence-corrected chi connectivity index (χ2v) is 4.39. The van der Waals surface area contributed by atoms with Crippen LogP contribution in [0.2, 0.25) is 0 Å². The number of aryl methyl sites for hydroxylation is 1. The molecule has 1 aromatic rings. The van der Waals surface area contributed by atoms with Crippen LogP contribution in [-0.2, 0) is 0 Å². The molecule has 0 saturated heterocycles. The fourth-order valence-corrected chi connectivity index (χ4v) is 1.55. The molecule has 0 aromatic heterocycles. The minimum Gasteiger partial charge on any atom is -0.381 e. The Morgan fingerprint density at radius 3 is 2.79 bits per heavy atom. The van der Waals surface area contributed by atoms with E-state index in [9.17, 15) is 0 Å². The number of rotatable bonds is 3. The average Bonchev–Trinajstić information content (AvgIpc) is 2.12. The molecule has 0 spiro atoms. The highest BCUT2D eigenvalue weighted by Crippen LogP contribution is 2.25. The molecule has 76 valence electrons. The van der Waals surface area contributed by atoms with E-state index in [1.165, 1.54) is 11.1 Å². The van der Waals surface area contributed by atoms with Crippen LogP contribution in [-0.4, -0.2) is 6.54 Å². The van der Waals surface area contributed by atoms with Gasteiger partial charge in [0.2, 0.25) is 0 Å². The van der Waals surface area contributed by atoms with E-state index in [2.05, 4.69) is 66.3 Å². The molecule has 0 atom stereocenters. The van der Waals surface area contributed by atoms with Gasteiger partial charge in [-0.1, -0.05) is 23.8 Å². The summed E-state index contributed by atoms with van der Waals surface area (Å²) in [5.41, 5.74) is 3.75. The third kappa shape index (κ3) is 3.18. The molecule has 2 heteroatoms. The molecule has 0 radical (unpaired) electrons. The second kappa shape index (κ2) is 5.20. The van der Waals surface area contributed by atoms with E-state index < -0.39 is 0 Å². The number of allylic oxidation sites excluding steroid dienone is 1. The van der Waals surface area contributed by atoms with E-state index >= 15 is 0 Å². The van der Waals surface area contributed by atoms with Crippen LogP contribution in [0.5, 0.6) is 0 Å². The van der Waals surface area contributed by atoms with Crippen LogP contribution < -0.4 is 5.32 Å². The molecule has 1 N–H and O–H groups in total. The first-order valence-corrected chi connectivity index (χ1v) is 5.53. The molecule has 0 aliphatic heterocycles. The lowest BCUT2D eigenvalue weighted by Gasteiger charge is -2.08. The molecular formula is C12H16BrN. The van der Waals surface area contributed by atoms with Crippen molar-refractivity contribution in [3.05, 3.63) is 39.9 Å². The summed E-state index contributed by atoms with van der Waals surface area (Å²) in [6, 6.07) is 6.23. The summed E-state index contributed by atoms with van der Waals surface area (Å²) in [6.45, 7) is 7.18. The number of benzene rings is 1. The van der Waals surface area contributed by atoms with E-state index in [4.69, 9.17) is 0 Å². The minimum atomic E-state index is 0.879. The molecule has 1 nitrogen and oxygen atoms in total. The van der Waals surface area contributed by atoms with Gasteiger partial charge in [0.15, 0.2) is 0 Å². The fourth-order valence-electron chi connectivity index (χ4n) is 1.15. The van der Waals surface area contributed by atoms with Gasteiger partial charge in [0, 0.05) is 16.7 Å². The van der Waals surface area contributed by atoms with Crippen molar-refractivity contribution in [1.29, 1.82) is 0 Å². The lowest BCUT2D eigenvalue weighted by molar-refractivity contribution is 1.25. The molecule has 1 aromatic carbocycles. The molecule has 0 unspecified atom stereocenters. The Morgan fingerprint density at radius 2 is 2.14 bits per heavy atom. The topological polar surface area (TPSA) is 12.0 Å². The Balaban J connectivity index is 2.68. The quantitative estimate of drug-likeness (QED) is 0.799. The van der Waals surface area contributed by atoms with Crippen molar-refractivity contribution >= 4 is 21.6 Å². The minimum absolute atomic E-state index is 0.879. The Labute approximate surface area is 94.3 Å². The highest BCUT2D eigenvalue weighted by Gasteiger charge is 1.99. The zero-order valence-corrected chi connectivity index (χ0v) is 10.5. The molecule has 0 fully saturated rings. The Hall–Kier alpha value is -0.760. The maximum atomic E-state index is 3.56. The van der Waals surface area contributed by atoms with Gasteiger partial charge in [0.25, 0.3) is 0 Å². The molecule has 0 heterocycles. The van der Waals surface area contributed by atoms with Crippen LogP contribution in [0.1, 0.15) is 19.4 Å². The van der Waals surface area contributed by atoms with Gasteiger partial charge in [0.05, 0.1) is 0 Å². The molecule has 14 heavy (non-hydrogen) atoms. The van der Waals surface area contributed by atoms with Gasteiger partial charge in [-0.25, -0.2) is 0 Å². The summed E-state index contributed by atoms with van der Waals surface area (Å²) in [6.07, 6.45) is 2.18. The van der Waals surface area contributed by atoms with Crippen LogP contribution in [0, 0.1) is 6.92 Å². The summed E-state index contributed by atoms with van der Waals surface area (Å²) < 4.78 is 1.15. The highest BCUT2D eigenvalue weighted by atomic mass is 79.9. The number of hydrogen-bond donors (Lipinski definition) is 1. The van der Waals surface area contributed by atoms with Gasteiger partial charge < -0.3 is 5.32 Å². The van der Waals surface area contributed by atoms with Gasteiger partial charge in [-0.2, -0.15) is 0 Å². The normalized spacial score (nSPS) is 9.71. The highest BCUT2D eigenvalue weighted by molar-refractivity contribution is 9.10. The van der Waals surface area contributed by atoms with E-state index in [0.29, 0.717) is 0 Å². The lowest BCUT2D eigenvalue weighted by Crippen LogP contribution is -1.99. The number of halogens is 1. The number of anilines is 1. The van der Waals surface area contributed by atoms with Crippen molar-refractivity contribution in [1.82, 2.24) is 0 Å². The summed E-state index contributed by atoms with van der Waals surface area (Å²) in [7, 11) is 0. The maximum Gasteiger partial charge on any atom is 0.0489 e. The standard InChI is InChI=1S/C12H16BrN/c1-9(2)7-8-14-11-6-4-5-10(3)12(11)13/h4-7,14H,8H2,1-3H3. The molecule has 0 aliphatic rings. The Morgan fingerprint density at radius 1 is 1.43 bits per heavy atom. The van der Waals surface area contributed by atoms with Crippen molar-refractivity contribution in [2.24, 2.45) is 0 Å². The van der Waals surface area contributed by atoms with Gasteiger partial charge in [-0.15, -0.1) is 0 Å². The van der Waals surface area contributed by atoms with Crippen molar-refractivity contribution in [2.45, 2.75) is 20.8 Å². The third-order valence-corrected chi connectivity index (χ3v) is 3.05. The summed E-state index contributed by atoms with van der Waals surface area (Å²) >= 11 is 3.56. The first-order valence-electron chi connectivity index (χ1n) is 4.73. The molecular weight excluding hydrogens is 238 g/mol. The fraction of sp³-hybridized carbons (Fsp3) is 0.333. The molecule has 0 bridgehead atoms. The van der Waals surface area contributed by atoms with Crippen molar-refractivity contribution < 1.29 is 0 Å². The van der Waals surface area contributed by atoms with E-state index in [1.54, 1.807) is 0 Å². The first-order chi connectivity index (χ1) is 6.61. The molecule has 0 saturated carbocycles. The first kappa shape index (κ1) is 11.3. The van der Waals surface area contributed by atoms with Crippen molar-refractivity contribution in [3.8, 4) is 0 Å². The SMILES string of the molecule is CC(C)=CCNc1cccc(C)c1Br. The van der Waals surface area contributed by atoms with Crippen LogP contribution in [0.4, 0.5) is 5.69 Å². The third-order valence-electron chi connectivity index (χ3n) is 1.99. The summed E-state index contributed by atoms with van der Waals surface area (Å²) in [4.78, 5) is 0. The van der Waals surface area contributed by atoms with E-state index in [-0.39, 0.29) is 0 Å². The predicted octanol–water partition coefficient (Wildman–Crippen LogP) is 4.14. The molecule has 0 aliphatic carbocycles. The van der Waals surface area contributed by atoms with Crippen LogP contribution >= 0.6 is 15.9 Å². The average molecular weight is 254 g/mol. The summed E-state index contributed by atoms with van der Waals surface area (Å²) in [5.74, 6) is 0. The zero-order chi connectivity index (χ0) is 10.6. The van der Waals surface area contributed by atoms with Gasteiger partial charge in [-0.3, -0.25) is 0 Å². The van der Waals surface area contributed by atoms with E-state index in [1.807, 2.05) is 0 Å². The molecule has 1 rings (SSSR count). The van der Waals surface area contributed by atoms with Gasteiger partial charge >= 0.3 is 0 Å². The monoisotopic (exact) mass is 253 g/mol. The van der Waals surface area contributed by atoms with Crippen LogP contribution in [0.3, 0.4) is 0 Å². The predicted molar refractivity (Wildman–Crippen MR) is 66.8 cm³/mol.